The summed E-state index contributed by atoms with van der Waals surface area (Å²) in [4.78, 5) is 13.5. The summed E-state index contributed by atoms with van der Waals surface area (Å²) in [5.41, 5.74) is 0. The summed E-state index contributed by atoms with van der Waals surface area (Å²) in [7, 11) is -3.50. The fraction of sp³-hybridized carbons (Fsp3) is 0.667. The molecule has 9 heteroatoms. The van der Waals surface area contributed by atoms with E-state index in [1.807, 2.05) is 17.5 Å². The first-order valence-corrected chi connectivity index (χ1v) is 10.5. The Morgan fingerprint density at radius 3 is 2.79 bits per heavy atom. The molecule has 2 saturated heterocycles. The van der Waals surface area contributed by atoms with E-state index < -0.39 is 10.2 Å². The highest BCUT2D eigenvalue weighted by molar-refractivity contribution is 7.86. The number of morpholine rings is 1. The van der Waals surface area contributed by atoms with Crippen molar-refractivity contribution in [1.82, 2.24) is 13.9 Å². The number of nitrogens with zero attached hydrogens (tertiary/aromatic N) is 2. The molecule has 3 rings (SSSR count). The second kappa shape index (κ2) is 7.92. The molecule has 1 aromatic heterocycles. The minimum absolute atomic E-state index is 0.0646. The van der Waals surface area contributed by atoms with Gasteiger partial charge in [-0.05, 0) is 24.3 Å². The first-order valence-electron chi connectivity index (χ1n) is 8.20. The number of hydrogen-bond donors (Lipinski definition) is 1. The van der Waals surface area contributed by atoms with E-state index in [2.05, 4.69) is 5.32 Å². The third-order valence-corrected chi connectivity index (χ3v) is 7.27. The minimum atomic E-state index is -3.50. The Bertz CT molecular complexity index is 642. The van der Waals surface area contributed by atoms with E-state index >= 15 is 0 Å². The summed E-state index contributed by atoms with van der Waals surface area (Å²) in [6.45, 7) is 2.87. The molecule has 24 heavy (non-hydrogen) atoms. The van der Waals surface area contributed by atoms with Gasteiger partial charge in [0.25, 0.3) is 10.2 Å². The average Bonchev–Trinajstić information content (AvgIpc) is 3.14. The lowest BCUT2D eigenvalue weighted by molar-refractivity contribution is -0.126. The van der Waals surface area contributed by atoms with E-state index in [1.54, 1.807) is 11.3 Å². The van der Waals surface area contributed by atoms with Crippen LogP contribution in [0, 0.1) is 5.92 Å². The molecule has 3 heterocycles. The molecule has 1 unspecified atom stereocenters. The van der Waals surface area contributed by atoms with Crippen molar-refractivity contribution < 1.29 is 17.9 Å². The lowest BCUT2D eigenvalue weighted by Crippen LogP contribution is -2.52. The maximum atomic E-state index is 12.7. The summed E-state index contributed by atoms with van der Waals surface area (Å²) in [5.74, 6) is -0.347. The topological polar surface area (TPSA) is 79.0 Å². The van der Waals surface area contributed by atoms with Crippen molar-refractivity contribution in [2.75, 3.05) is 39.4 Å². The predicted molar refractivity (Wildman–Crippen MR) is 91.8 cm³/mol. The quantitative estimate of drug-likeness (QED) is 0.822. The molecule has 0 bridgehead atoms. The highest BCUT2D eigenvalue weighted by Gasteiger charge is 2.36. The molecule has 1 aromatic rings. The molecule has 7 nitrogen and oxygen atoms in total. The second-order valence-electron chi connectivity index (χ2n) is 6.01. The van der Waals surface area contributed by atoms with Gasteiger partial charge >= 0.3 is 0 Å². The van der Waals surface area contributed by atoms with Crippen molar-refractivity contribution >= 4 is 27.5 Å². The van der Waals surface area contributed by atoms with Crippen LogP contribution in [0.5, 0.6) is 0 Å². The summed E-state index contributed by atoms with van der Waals surface area (Å²) >= 11 is 1.60. The molecule has 2 aliphatic heterocycles. The molecular weight excluding hydrogens is 350 g/mol. The molecule has 0 saturated carbocycles. The van der Waals surface area contributed by atoms with Crippen molar-refractivity contribution in [2.24, 2.45) is 5.92 Å². The molecule has 1 atom stereocenters. The van der Waals surface area contributed by atoms with Crippen LogP contribution in [0.3, 0.4) is 0 Å². The zero-order valence-electron chi connectivity index (χ0n) is 13.5. The van der Waals surface area contributed by atoms with E-state index in [1.165, 1.54) is 8.61 Å². The van der Waals surface area contributed by atoms with Gasteiger partial charge in [-0.3, -0.25) is 4.79 Å². The summed E-state index contributed by atoms with van der Waals surface area (Å²) in [6, 6.07) is 3.92. The fourth-order valence-electron chi connectivity index (χ4n) is 3.04. The van der Waals surface area contributed by atoms with Crippen LogP contribution in [0.4, 0.5) is 0 Å². The number of carbonyl (C=O) groups is 1. The van der Waals surface area contributed by atoms with Gasteiger partial charge in [0.1, 0.15) is 0 Å². The number of piperidine rings is 1. The van der Waals surface area contributed by atoms with Crippen molar-refractivity contribution in [3.63, 3.8) is 0 Å². The summed E-state index contributed by atoms with van der Waals surface area (Å²) in [6.07, 6.45) is 1.44. The average molecular weight is 374 g/mol. The molecule has 2 aliphatic rings. The van der Waals surface area contributed by atoms with Crippen LogP contribution in [-0.2, 0) is 26.3 Å². The normalized spacial score (nSPS) is 23.9. The summed E-state index contributed by atoms with van der Waals surface area (Å²) < 4.78 is 33.6. The van der Waals surface area contributed by atoms with Crippen molar-refractivity contribution in [3.8, 4) is 0 Å². The number of rotatable bonds is 5. The maximum absolute atomic E-state index is 12.7. The lowest BCUT2D eigenvalue weighted by Gasteiger charge is -2.36. The molecule has 0 aliphatic carbocycles. The maximum Gasteiger partial charge on any atom is 0.282 e. The molecule has 0 spiro atoms. The first kappa shape index (κ1) is 17.8. The van der Waals surface area contributed by atoms with Crippen LogP contribution < -0.4 is 5.32 Å². The minimum Gasteiger partial charge on any atom is -0.379 e. The van der Waals surface area contributed by atoms with Gasteiger partial charge in [0.15, 0.2) is 0 Å². The largest absolute Gasteiger partial charge is 0.379 e. The van der Waals surface area contributed by atoms with E-state index in [4.69, 9.17) is 4.74 Å². The first-order chi connectivity index (χ1) is 11.6. The number of nitrogens with one attached hydrogen (secondary N) is 1. The van der Waals surface area contributed by atoms with Crippen molar-refractivity contribution in [2.45, 2.75) is 19.4 Å². The molecule has 1 amide bonds. The van der Waals surface area contributed by atoms with Gasteiger partial charge in [-0.2, -0.15) is 17.0 Å². The molecule has 2 fully saturated rings. The number of hydrogen-bond acceptors (Lipinski definition) is 5. The Kier molecular flexibility index (Phi) is 5.88. The molecule has 0 aromatic carbocycles. The molecule has 134 valence electrons. The van der Waals surface area contributed by atoms with Gasteiger partial charge in [0.2, 0.25) is 5.91 Å². The van der Waals surface area contributed by atoms with Crippen LogP contribution in [-0.4, -0.2) is 62.3 Å². The predicted octanol–water partition coefficient (Wildman–Crippen LogP) is 0.653. The fourth-order valence-corrected chi connectivity index (χ4v) is 5.35. The monoisotopic (exact) mass is 373 g/mol. The Balaban J connectivity index is 1.57. The zero-order chi connectivity index (χ0) is 17.0. The number of carbonyl (C=O) groups excluding carboxylic acids is 1. The van der Waals surface area contributed by atoms with E-state index in [-0.39, 0.29) is 18.4 Å². The Morgan fingerprint density at radius 1 is 1.29 bits per heavy atom. The summed E-state index contributed by atoms with van der Waals surface area (Å²) in [5, 5.41) is 4.89. The van der Waals surface area contributed by atoms with Gasteiger partial charge in [-0.25, -0.2) is 0 Å². The molecule has 0 radical (unpaired) electrons. The Labute approximate surface area is 146 Å². The third kappa shape index (κ3) is 4.15. The van der Waals surface area contributed by atoms with Crippen LogP contribution in [0.1, 0.15) is 17.7 Å². The van der Waals surface area contributed by atoms with E-state index in [0.717, 1.165) is 11.3 Å². The van der Waals surface area contributed by atoms with Crippen LogP contribution >= 0.6 is 11.3 Å². The highest BCUT2D eigenvalue weighted by Crippen LogP contribution is 2.22. The standard InChI is InChI=1S/C15H23N3O4S2/c19-15(16-11-14-4-2-10-23-14)13-3-1-5-18(12-13)24(20,21)17-6-8-22-9-7-17/h2,4,10,13H,1,3,5-9,11-12H2,(H,16,19). The molecule has 1 N–H and O–H groups in total. The van der Waals surface area contributed by atoms with Crippen molar-refractivity contribution in [1.29, 1.82) is 0 Å². The van der Waals surface area contributed by atoms with Gasteiger partial charge in [0.05, 0.1) is 25.7 Å². The Morgan fingerprint density at radius 2 is 2.08 bits per heavy atom. The molecular formula is C15H23N3O4S2. The van der Waals surface area contributed by atoms with Gasteiger partial charge in [-0.1, -0.05) is 6.07 Å². The second-order valence-corrected chi connectivity index (χ2v) is 8.97. The zero-order valence-corrected chi connectivity index (χ0v) is 15.2. The van der Waals surface area contributed by atoms with Crippen LogP contribution in [0.2, 0.25) is 0 Å². The van der Waals surface area contributed by atoms with E-state index in [9.17, 15) is 13.2 Å². The van der Waals surface area contributed by atoms with Gasteiger partial charge < -0.3 is 10.1 Å². The highest BCUT2D eigenvalue weighted by atomic mass is 32.2. The number of amides is 1. The van der Waals surface area contributed by atoms with E-state index in [0.29, 0.717) is 45.8 Å². The number of ether oxygens (including phenoxy) is 1. The third-order valence-electron chi connectivity index (χ3n) is 4.39. The van der Waals surface area contributed by atoms with Gasteiger partial charge in [0, 0.05) is 31.1 Å². The van der Waals surface area contributed by atoms with Gasteiger partial charge in [-0.15, -0.1) is 11.3 Å². The Hall–Kier alpha value is -1.00. The van der Waals surface area contributed by atoms with Crippen LogP contribution in [0.25, 0.3) is 0 Å². The van der Waals surface area contributed by atoms with Crippen LogP contribution in [0.15, 0.2) is 17.5 Å². The SMILES string of the molecule is O=C(NCc1cccs1)C1CCCN(S(=O)(=O)N2CCOCC2)C1. The number of thiophene rings is 1. The smallest absolute Gasteiger partial charge is 0.282 e. The lowest BCUT2D eigenvalue weighted by atomic mass is 9.99. The van der Waals surface area contributed by atoms with Crippen molar-refractivity contribution in [3.05, 3.63) is 22.4 Å².